The lowest BCUT2D eigenvalue weighted by atomic mass is 9.99. The van der Waals surface area contributed by atoms with Gasteiger partial charge in [0.2, 0.25) is 5.91 Å². The third kappa shape index (κ3) is 1.86. The van der Waals surface area contributed by atoms with Gasteiger partial charge in [0.15, 0.2) is 0 Å². The van der Waals surface area contributed by atoms with Crippen LogP contribution in [-0.2, 0) is 9.63 Å². The normalized spacial score (nSPS) is 35.1. The molecule has 2 heterocycles. The highest BCUT2D eigenvalue weighted by molar-refractivity contribution is 6.31. The number of carbonyl (C=O) groups excluding carboxylic acids is 1. The summed E-state index contributed by atoms with van der Waals surface area (Å²) in [4.78, 5) is 28.0. The molecular formula is C8H11ClN2O4. The van der Waals surface area contributed by atoms with Crippen LogP contribution in [0.1, 0.15) is 19.3 Å². The zero-order valence-electron chi connectivity index (χ0n) is 7.97. The molecule has 0 saturated carbocycles. The highest BCUT2D eigenvalue weighted by atomic mass is 35.5. The van der Waals surface area contributed by atoms with Crippen LogP contribution in [0.25, 0.3) is 0 Å². The lowest BCUT2D eigenvalue weighted by Crippen LogP contribution is -2.47. The highest BCUT2D eigenvalue weighted by Crippen LogP contribution is 2.32. The molecule has 0 bridgehead atoms. The molecule has 2 aliphatic rings. The first-order valence-corrected chi connectivity index (χ1v) is 5.29. The number of rotatable bonds is 2. The predicted octanol–water partition coefficient (Wildman–Crippen LogP) is 0.565. The molecule has 7 heteroatoms. The van der Waals surface area contributed by atoms with E-state index in [9.17, 15) is 14.9 Å². The number of carbonyl (C=O) groups is 1. The van der Waals surface area contributed by atoms with E-state index in [1.165, 1.54) is 0 Å². The Hall–Kier alpha value is -1.04. The van der Waals surface area contributed by atoms with Crippen molar-refractivity contribution in [3.63, 3.8) is 0 Å². The first kappa shape index (κ1) is 10.5. The van der Waals surface area contributed by atoms with Crippen molar-refractivity contribution in [3.05, 3.63) is 10.1 Å². The summed E-state index contributed by atoms with van der Waals surface area (Å²) in [6.45, 7) is 0.629. The quantitative estimate of drug-likeness (QED) is 0.398. The van der Waals surface area contributed by atoms with Gasteiger partial charge in [0, 0.05) is 6.54 Å². The summed E-state index contributed by atoms with van der Waals surface area (Å²) in [7, 11) is 0. The fourth-order valence-electron chi connectivity index (χ4n) is 2.30. The fourth-order valence-corrected chi connectivity index (χ4v) is 2.61. The molecule has 3 atom stereocenters. The average Bonchev–Trinajstić information content (AvgIpc) is 2.45. The van der Waals surface area contributed by atoms with Crippen molar-refractivity contribution in [2.45, 2.75) is 36.8 Å². The summed E-state index contributed by atoms with van der Waals surface area (Å²) in [5, 5.41) is 8.92. The number of nitrogens with zero attached hydrogens (tertiary/aromatic N) is 2. The lowest BCUT2D eigenvalue weighted by Gasteiger charge is -2.34. The van der Waals surface area contributed by atoms with Gasteiger partial charge in [-0.25, -0.2) is 0 Å². The number of halogens is 1. The van der Waals surface area contributed by atoms with Gasteiger partial charge in [-0.3, -0.25) is 4.79 Å². The molecule has 2 aliphatic heterocycles. The average molecular weight is 235 g/mol. The molecular weight excluding hydrogens is 224 g/mol. The first-order valence-electron chi connectivity index (χ1n) is 4.85. The molecule has 0 unspecified atom stereocenters. The van der Waals surface area contributed by atoms with E-state index in [1.807, 2.05) is 0 Å². The van der Waals surface area contributed by atoms with Crippen molar-refractivity contribution < 1.29 is 14.7 Å². The molecule has 15 heavy (non-hydrogen) atoms. The van der Waals surface area contributed by atoms with Crippen LogP contribution in [0.3, 0.4) is 0 Å². The summed E-state index contributed by atoms with van der Waals surface area (Å²) < 4.78 is 0. The van der Waals surface area contributed by atoms with Gasteiger partial charge >= 0.3 is 0 Å². The third-order valence-electron chi connectivity index (χ3n) is 2.94. The summed E-state index contributed by atoms with van der Waals surface area (Å²) in [6, 6.07) is -0.223. The Morgan fingerprint density at radius 3 is 3.00 bits per heavy atom. The molecule has 2 fully saturated rings. The maximum Gasteiger partial charge on any atom is 0.294 e. The molecule has 0 aliphatic carbocycles. The van der Waals surface area contributed by atoms with E-state index >= 15 is 0 Å². The van der Waals surface area contributed by atoms with E-state index in [4.69, 9.17) is 11.6 Å². The largest absolute Gasteiger partial charge is 0.336 e. The first-order chi connectivity index (χ1) is 7.09. The zero-order valence-corrected chi connectivity index (χ0v) is 8.72. The molecule has 2 rings (SSSR count). The number of amides is 1. The smallest absolute Gasteiger partial charge is 0.294 e. The van der Waals surface area contributed by atoms with Crippen LogP contribution in [0, 0.1) is 10.1 Å². The lowest BCUT2D eigenvalue weighted by molar-refractivity contribution is -0.770. The van der Waals surface area contributed by atoms with Crippen LogP contribution in [-0.4, -0.2) is 40.0 Å². The number of hydrogen-bond acceptors (Lipinski definition) is 4. The van der Waals surface area contributed by atoms with Gasteiger partial charge in [0.05, 0.1) is 6.04 Å². The van der Waals surface area contributed by atoms with E-state index < -0.39 is 16.6 Å². The predicted molar refractivity (Wildman–Crippen MR) is 50.9 cm³/mol. The van der Waals surface area contributed by atoms with Gasteiger partial charge in [0.25, 0.3) is 5.09 Å². The van der Waals surface area contributed by atoms with E-state index in [0.29, 0.717) is 19.4 Å². The standard InChI is InChI=1S/C8H11ClN2O4/c9-5-4-6-7(15-11(13)14)2-1-3-10(6)8(5)12/h5-7H,1-4H2/t5-,6-,7+/m0/s1. The van der Waals surface area contributed by atoms with Crippen molar-refractivity contribution in [1.29, 1.82) is 0 Å². The Balaban J connectivity index is 2.09. The van der Waals surface area contributed by atoms with Crippen LogP contribution < -0.4 is 0 Å². The molecule has 1 amide bonds. The maximum atomic E-state index is 11.5. The third-order valence-corrected chi connectivity index (χ3v) is 3.30. The maximum absolute atomic E-state index is 11.5. The van der Waals surface area contributed by atoms with E-state index in [2.05, 4.69) is 4.84 Å². The van der Waals surface area contributed by atoms with Crippen LogP contribution in [0.5, 0.6) is 0 Å². The molecule has 2 saturated heterocycles. The number of fused-ring (bicyclic) bond motifs is 1. The summed E-state index contributed by atoms with van der Waals surface area (Å²) in [5.74, 6) is -0.127. The SMILES string of the molecule is O=C1[C@@H](Cl)C[C@H]2[C@H](O[N+](=O)[O-])CCCN12. The molecule has 0 N–H and O–H groups in total. The second kappa shape index (κ2) is 3.84. The van der Waals surface area contributed by atoms with Crippen LogP contribution in [0.15, 0.2) is 0 Å². The van der Waals surface area contributed by atoms with Crippen molar-refractivity contribution in [3.8, 4) is 0 Å². The van der Waals surface area contributed by atoms with Gasteiger partial charge in [0.1, 0.15) is 11.5 Å². The van der Waals surface area contributed by atoms with E-state index in [0.717, 1.165) is 6.42 Å². The second-order valence-electron chi connectivity index (χ2n) is 3.81. The van der Waals surface area contributed by atoms with Gasteiger partial charge in [-0.05, 0) is 19.3 Å². The summed E-state index contributed by atoms with van der Waals surface area (Å²) in [6.07, 6.45) is 1.27. The number of hydrogen-bond donors (Lipinski definition) is 0. The number of alkyl halides is 1. The fraction of sp³-hybridized carbons (Fsp3) is 0.875. The van der Waals surface area contributed by atoms with E-state index in [-0.39, 0.29) is 11.9 Å². The monoisotopic (exact) mass is 234 g/mol. The Morgan fingerprint density at radius 2 is 2.33 bits per heavy atom. The number of piperidine rings is 1. The van der Waals surface area contributed by atoms with Gasteiger partial charge in [-0.15, -0.1) is 21.7 Å². The van der Waals surface area contributed by atoms with Gasteiger partial charge < -0.3 is 9.74 Å². The molecule has 6 nitrogen and oxygen atoms in total. The molecule has 0 aromatic rings. The molecule has 0 spiro atoms. The van der Waals surface area contributed by atoms with E-state index in [1.54, 1.807) is 4.90 Å². The minimum atomic E-state index is -0.791. The Labute approximate surface area is 91.2 Å². The Kier molecular flexibility index (Phi) is 2.68. The molecule has 0 aromatic carbocycles. The van der Waals surface area contributed by atoms with Crippen molar-refractivity contribution in [2.24, 2.45) is 0 Å². The van der Waals surface area contributed by atoms with Crippen molar-refractivity contribution in [2.75, 3.05) is 6.54 Å². The Bertz CT molecular complexity index is 298. The summed E-state index contributed by atoms with van der Waals surface area (Å²) >= 11 is 5.82. The minimum Gasteiger partial charge on any atom is -0.336 e. The van der Waals surface area contributed by atoms with Crippen LogP contribution in [0.2, 0.25) is 0 Å². The van der Waals surface area contributed by atoms with Crippen LogP contribution in [0.4, 0.5) is 0 Å². The van der Waals surface area contributed by atoms with Crippen molar-refractivity contribution in [1.82, 2.24) is 4.90 Å². The molecule has 0 aromatic heterocycles. The Morgan fingerprint density at radius 1 is 1.60 bits per heavy atom. The minimum absolute atomic E-state index is 0.127. The van der Waals surface area contributed by atoms with Gasteiger partial charge in [-0.2, -0.15) is 0 Å². The summed E-state index contributed by atoms with van der Waals surface area (Å²) in [5.41, 5.74) is 0. The molecule has 84 valence electrons. The van der Waals surface area contributed by atoms with Crippen LogP contribution >= 0.6 is 11.6 Å². The zero-order chi connectivity index (χ0) is 11.0. The van der Waals surface area contributed by atoms with Gasteiger partial charge in [-0.1, -0.05) is 0 Å². The highest BCUT2D eigenvalue weighted by Gasteiger charge is 2.45. The topological polar surface area (TPSA) is 72.7 Å². The molecule has 0 radical (unpaired) electrons. The second-order valence-corrected chi connectivity index (χ2v) is 4.34. The van der Waals surface area contributed by atoms with Crippen molar-refractivity contribution >= 4 is 17.5 Å².